The first-order valence-electron chi connectivity index (χ1n) is 10.9. The van der Waals surface area contributed by atoms with Gasteiger partial charge in [-0.2, -0.15) is 13.2 Å². The van der Waals surface area contributed by atoms with Crippen molar-refractivity contribution in [2.24, 2.45) is 0 Å². The average molecular weight is 501 g/mol. The molecule has 0 bridgehead atoms. The first-order valence-corrected chi connectivity index (χ1v) is 10.9. The van der Waals surface area contributed by atoms with Crippen LogP contribution in [0.25, 0.3) is 0 Å². The van der Waals surface area contributed by atoms with Crippen molar-refractivity contribution in [1.29, 1.82) is 0 Å². The second kappa shape index (κ2) is 9.76. The summed E-state index contributed by atoms with van der Waals surface area (Å²) in [4.78, 5) is 38.6. The van der Waals surface area contributed by atoms with Gasteiger partial charge >= 0.3 is 6.18 Å². The molecular formula is C25H22F3N3O5. The maximum absolute atomic E-state index is 13.4. The van der Waals surface area contributed by atoms with E-state index in [1.807, 2.05) is 0 Å². The topological polar surface area (TPSA) is 110 Å². The Morgan fingerprint density at radius 3 is 2.31 bits per heavy atom. The zero-order valence-corrected chi connectivity index (χ0v) is 19.1. The fourth-order valence-corrected chi connectivity index (χ4v) is 3.48. The van der Waals surface area contributed by atoms with Gasteiger partial charge in [0.25, 0.3) is 5.91 Å². The number of aromatic amines is 1. The molecule has 3 aromatic rings. The molecule has 11 heteroatoms. The Morgan fingerprint density at radius 2 is 1.72 bits per heavy atom. The van der Waals surface area contributed by atoms with Gasteiger partial charge in [0.15, 0.2) is 0 Å². The smallest absolute Gasteiger partial charge is 0.420 e. The van der Waals surface area contributed by atoms with E-state index in [-0.39, 0.29) is 40.8 Å². The molecule has 0 unspecified atom stereocenters. The molecule has 0 spiro atoms. The van der Waals surface area contributed by atoms with Crippen LogP contribution < -0.4 is 25.7 Å². The van der Waals surface area contributed by atoms with Crippen LogP contribution in [0.4, 0.5) is 13.2 Å². The Kier molecular flexibility index (Phi) is 6.73. The first kappa shape index (κ1) is 24.8. The predicted molar refractivity (Wildman–Crippen MR) is 123 cm³/mol. The van der Waals surface area contributed by atoms with E-state index in [4.69, 9.17) is 9.47 Å². The van der Waals surface area contributed by atoms with Gasteiger partial charge in [-0.3, -0.25) is 14.4 Å². The van der Waals surface area contributed by atoms with E-state index in [1.54, 1.807) is 12.1 Å². The average Bonchev–Trinajstić information content (AvgIpc) is 3.64. The third-order valence-corrected chi connectivity index (χ3v) is 5.68. The van der Waals surface area contributed by atoms with Gasteiger partial charge in [-0.05, 0) is 54.8 Å². The number of carbonyl (C=O) groups is 2. The van der Waals surface area contributed by atoms with Gasteiger partial charge in [-0.1, -0.05) is 12.1 Å². The maximum Gasteiger partial charge on any atom is 0.420 e. The number of nitrogens with one attached hydrogen (secondary N) is 3. The number of carbonyl (C=O) groups excluding carboxylic acids is 2. The quantitative estimate of drug-likeness (QED) is 0.435. The molecule has 8 nitrogen and oxygen atoms in total. The lowest BCUT2D eigenvalue weighted by atomic mass is 10.1. The van der Waals surface area contributed by atoms with Crippen LogP contribution >= 0.6 is 0 Å². The van der Waals surface area contributed by atoms with Crippen molar-refractivity contribution < 1.29 is 32.2 Å². The molecule has 2 aromatic carbocycles. The van der Waals surface area contributed by atoms with Crippen LogP contribution in [-0.4, -0.2) is 29.4 Å². The van der Waals surface area contributed by atoms with Gasteiger partial charge in [0.1, 0.15) is 28.4 Å². The number of amides is 2. The molecule has 0 saturated heterocycles. The number of ether oxygens (including phenoxy) is 2. The van der Waals surface area contributed by atoms with E-state index in [9.17, 15) is 27.6 Å². The number of alkyl halides is 3. The summed E-state index contributed by atoms with van der Waals surface area (Å²) >= 11 is 0. The lowest BCUT2D eigenvalue weighted by molar-refractivity contribution is -0.138. The number of rotatable bonds is 8. The van der Waals surface area contributed by atoms with Crippen LogP contribution in [-0.2, 0) is 17.5 Å². The highest BCUT2D eigenvalue weighted by atomic mass is 19.4. The van der Waals surface area contributed by atoms with Crippen LogP contribution in [0.1, 0.15) is 34.3 Å². The van der Waals surface area contributed by atoms with E-state index >= 15 is 0 Å². The SMILES string of the molecule is COc1ccc(Oc2ccc(CNC(=O)C3(NC(=O)c4ccc(=O)[nH]c4)CC3)cc2)c(C(F)(F)F)c1. The van der Waals surface area contributed by atoms with Crippen molar-refractivity contribution in [2.45, 2.75) is 31.1 Å². The zero-order valence-electron chi connectivity index (χ0n) is 19.1. The Balaban J connectivity index is 1.35. The van der Waals surface area contributed by atoms with Crippen LogP contribution in [0.3, 0.4) is 0 Å². The standard InChI is InChI=1S/C25H22F3N3O5/c1-35-18-7-8-20(19(12-18)25(26,27)28)36-17-5-2-15(3-6-17)13-30-23(34)24(10-11-24)31-22(33)16-4-9-21(32)29-14-16/h2-9,12,14H,10-11,13H2,1H3,(H,29,32)(H,30,34)(H,31,33). The molecule has 1 fully saturated rings. The molecule has 1 heterocycles. The summed E-state index contributed by atoms with van der Waals surface area (Å²) in [5, 5.41) is 5.47. The summed E-state index contributed by atoms with van der Waals surface area (Å²) in [6, 6.07) is 12.2. The lowest BCUT2D eigenvalue weighted by Crippen LogP contribution is -2.48. The van der Waals surface area contributed by atoms with Crippen LogP contribution in [0.2, 0.25) is 0 Å². The number of hydrogen-bond donors (Lipinski definition) is 3. The Bertz CT molecular complexity index is 1310. The zero-order chi connectivity index (χ0) is 25.9. The van der Waals surface area contributed by atoms with Crippen LogP contribution in [0.5, 0.6) is 17.2 Å². The highest BCUT2D eigenvalue weighted by Gasteiger charge is 2.51. The Morgan fingerprint density at radius 1 is 1.03 bits per heavy atom. The van der Waals surface area contributed by atoms with Crippen LogP contribution in [0.15, 0.2) is 65.6 Å². The highest BCUT2D eigenvalue weighted by molar-refractivity contribution is 6.00. The van der Waals surface area contributed by atoms with Gasteiger partial charge < -0.3 is 25.1 Å². The van der Waals surface area contributed by atoms with Crippen molar-refractivity contribution in [3.05, 3.63) is 87.8 Å². The number of halogens is 3. The monoisotopic (exact) mass is 501 g/mol. The Labute approximate surface area is 203 Å². The third kappa shape index (κ3) is 5.68. The Hall–Kier alpha value is -4.28. The molecular weight excluding hydrogens is 479 g/mol. The van der Waals surface area contributed by atoms with E-state index in [0.29, 0.717) is 18.4 Å². The molecule has 0 radical (unpaired) electrons. The van der Waals surface area contributed by atoms with Gasteiger partial charge in [-0.25, -0.2) is 0 Å². The number of H-pyrrole nitrogens is 1. The molecule has 188 valence electrons. The molecule has 3 N–H and O–H groups in total. The van der Waals surface area contributed by atoms with E-state index in [1.165, 1.54) is 49.7 Å². The highest BCUT2D eigenvalue weighted by Crippen LogP contribution is 2.40. The minimum atomic E-state index is -4.62. The van der Waals surface area contributed by atoms with Crippen molar-refractivity contribution in [3.8, 4) is 17.2 Å². The number of aromatic nitrogens is 1. The molecule has 4 rings (SSSR count). The summed E-state index contributed by atoms with van der Waals surface area (Å²) in [6.45, 7) is 0.145. The molecule has 1 saturated carbocycles. The van der Waals surface area contributed by atoms with E-state index in [0.717, 1.165) is 6.07 Å². The minimum absolute atomic E-state index is 0.0593. The summed E-state index contributed by atoms with van der Waals surface area (Å²) in [5.41, 5.74) is -1.40. The summed E-state index contributed by atoms with van der Waals surface area (Å²) < 4.78 is 50.5. The van der Waals surface area contributed by atoms with Crippen molar-refractivity contribution >= 4 is 11.8 Å². The third-order valence-electron chi connectivity index (χ3n) is 5.68. The number of methoxy groups -OCH3 is 1. The molecule has 36 heavy (non-hydrogen) atoms. The van der Waals surface area contributed by atoms with E-state index < -0.39 is 23.2 Å². The van der Waals surface area contributed by atoms with Gasteiger partial charge in [0, 0.05) is 18.8 Å². The fourth-order valence-electron chi connectivity index (χ4n) is 3.48. The second-order valence-electron chi connectivity index (χ2n) is 8.27. The maximum atomic E-state index is 13.4. The van der Waals surface area contributed by atoms with Crippen LogP contribution in [0, 0.1) is 0 Å². The molecule has 1 aromatic heterocycles. The second-order valence-corrected chi connectivity index (χ2v) is 8.27. The van der Waals surface area contributed by atoms with Crippen molar-refractivity contribution in [2.75, 3.05) is 7.11 Å². The number of hydrogen-bond acceptors (Lipinski definition) is 5. The van der Waals surface area contributed by atoms with Gasteiger partial charge in [0.2, 0.25) is 11.5 Å². The van der Waals surface area contributed by atoms with Gasteiger partial charge in [0.05, 0.1) is 12.7 Å². The largest absolute Gasteiger partial charge is 0.497 e. The predicted octanol–water partition coefficient (Wildman–Crippen LogP) is 3.77. The van der Waals surface area contributed by atoms with E-state index in [2.05, 4.69) is 15.6 Å². The lowest BCUT2D eigenvalue weighted by Gasteiger charge is -2.17. The molecule has 0 aliphatic heterocycles. The summed E-state index contributed by atoms with van der Waals surface area (Å²) in [6.07, 6.45) is -2.40. The minimum Gasteiger partial charge on any atom is -0.497 e. The molecule has 0 atom stereocenters. The summed E-state index contributed by atoms with van der Waals surface area (Å²) in [5.74, 6) is -0.944. The molecule has 2 amide bonds. The van der Waals surface area contributed by atoms with Crippen molar-refractivity contribution in [3.63, 3.8) is 0 Å². The first-order chi connectivity index (χ1) is 17.1. The summed E-state index contributed by atoms with van der Waals surface area (Å²) in [7, 11) is 1.28. The number of benzene rings is 2. The fraction of sp³-hybridized carbons (Fsp3) is 0.240. The normalized spacial score (nSPS) is 14.0. The number of pyridine rings is 1. The van der Waals surface area contributed by atoms with Crippen molar-refractivity contribution in [1.82, 2.24) is 15.6 Å². The molecule has 1 aliphatic carbocycles. The van der Waals surface area contributed by atoms with Gasteiger partial charge in [-0.15, -0.1) is 0 Å². The molecule has 1 aliphatic rings.